The van der Waals surface area contributed by atoms with Gasteiger partial charge in [0, 0.05) is 12.8 Å². The third-order valence-corrected chi connectivity index (χ3v) is 3.10. The van der Waals surface area contributed by atoms with Crippen molar-refractivity contribution in [2.24, 2.45) is 0 Å². The van der Waals surface area contributed by atoms with Crippen molar-refractivity contribution in [1.82, 2.24) is 0 Å². The molecular formula is C18H32O4. The Morgan fingerprint density at radius 2 is 0.955 bits per heavy atom. The molecule has 0 radical (unpaired) electrons. The zero-order valence-corrected chi connectivity index (χ0v) is 13.8. The van der Waals surface area contributed by atoms with Crippen LogP contribution in [0.15, 0.2) is 25.3 Å². The Hall–Kier alpha value is -1.58. The lowest BCUT2D eigenvalue weighted by atomic mass is 10.1. The summed E-state index contributed by atoms with van der Waals surface area (Å²) in [5.74, 6) is -1.38. The molecule has 0 aliphatic heterocycles. The SMILES string of the molecule is C=CCCCCC(=O)O.C=CCCCCCCCCC(=O)O. The lowest BCUT2D eigenvalue weighted by Gasteiger charge is -1.98. The quantitative estimate of drug-likeness (QED) is 0.342. The van der Waals surface area contributed by atoms with Crippen molar-refractivity contribution < 1.29 is 19.8 Å². The van der Waals surface area contributed by atoms with E-state index in [0.717, 1.165) is 38.5 Å². The molecule has 0 aliphatic rings. The molecule has 0 aliphatic carbocycles. The molecule has 2 N–H and O–H groups in total. The van der Waals surface area contributed by atoms with Gasteiger partial charge in [0.1, 0.15) is 0 Å². The van der Waals surface area contributed by atoms with Crippen molar-refractivity contribution in [2.75, 3.05) is 0 Å². The maximum absolute atomic E-state index is 10.2. The van der Waals surface area contributed by atoms with Gasteiger partial charge in [-0.15, -0.1) is 13.2 Å². The van der Waals surface area contributed by atoms with E-state index < -0.39 is 11.9 Å². The van der Waals surface area contributed by atoms with Crippen molar-refractivity contribution in [1.29, 1.82) is 0 Å². The number of unbranched alkanes of at least 4 members (excludes halogenated alkanes) is 8. The van der Waals surface area contributed by atoms with Gasteiger partial charge in [0.05, 0.1) is 0 Å². The second-order valence-electron chi connectivity index (χ2n) is 5.27. The van der Waals surface area contributed by atoms with E-state index in [1.807, 2.05) is 12.2 Å². The molecule has 0 aromatic rings. The summed E-state index contributed by atoms with van der Waals surface area (Å²) < 4.78 is 0. The zero-order valence-electron chi connectivity index (χ0n) is 13.8. The molecule has 0 spiro atoms. The van der Waals surface area contributed by atoms with Crippen molar-refractivity contribution in [3.63, 3.8) is 0 Å². The topological polar surface area (TPSA) is 74.6 Å². The first-order valence-corrected chi connectivity index (χ1v) is 8.20. The normalized spacial score (nSPS) is 9.45. The monoisotopic (exact) mass is 312 g/mol. The molecule has 0 saturated heterocycles. The fourth-order valence-electron chi connectivity index (χ4n) is 1.84. The minimum atomic E-state index is -0.709. The van der Waals surface area contributed by atoms with Gasteiger partial charge in [-0.2, -0.15) is 0 Å². The predicted molar refractivity (Wildman–Crippen MR) is 91.1 cm³/mol. The number of rotatable bonds is 14. The van der Waals surface area contributed by atoms with Crippen LogP contribution in [0.25, 0.3) is 0 Å². The second-order valence-corrected chi connectivity index (χ2v) is 5.27. The Morgan fingerprint density at radius 3 is 1.36 bits per heavy atom. The lowest BCUT2D eigenvalue weighted by Crippen LogP contribution is -1.93. The maximum Gasteiger partial charge on any atom is 0.303 e. The fraction of sp³-hybridized carbons (Fsp3) is 0.667. The summed E-state index contributed by atoms with van der Waals surface area (Å²) in [5.41, 5.74) is 0. The molecule has 0 amide bonds. The molecule has 0 aromatic heterocycles. The second kappa shape index (κ2) is 19.4. The third-order valence-electron chi connectivity index (χ3n) is 3.10. The van der Waals surface area contributed by atoms with Gasteiger partial charge in [-0.05, 0) is 38.5 Å². The molecule has 0 atom stereocenters. The van der Waals surface area contributed by atoms with Gasteiger partial charge in [-0.25, -0.2) is 0 Å². The minimum Gasteiger partial charge on any atom is -0.481 e. The molecule has 0 fully saturated rings. The summed E-state index contributed by atoms with van der Waals surface area (Å²) in [6, 6.07) is 0. The summed E-state index contributed by atoms with van der Waals surface area (Å²) in [7, 11) is 0. The first-order chi connectivity index (χ1) is 10.5. The van der Waals surface area contributed by atoms with E-state index in [2.05, 4.69) is 13.2 Å². The van der Waals surface area contributed by atoms with Gasteiger partial charge >= 0.3 is 11.9 Å². The Bertz CT molecular complexity index is 297. The first-order valence-electron chi connectivity index (χ1n) is 8.20. The van der Waals surface area contributed by atoms with E-state index in [-0.39, 0.29) is 6.42 Å². The summed E-state index contributed by atoms with van der Waals surface area (Å²) >= 11 is 0. The molecule has 0 bridgehead atoms. The molecule has 128 valence electrons. The lowest BCUT2D eigenvalue weighted by molar-refractivity contribution is -0.138. The third kappa shape index (κ3) is 26.9. The fourth-order valence-corrected chi connectivity index (χ4v) is 1.84. The van der Waals surface area contributed by atoms with Crippen LogP contribution in [0.1, 0.15) is 77.0 Å². The Labute approximate surface area is 134 Å². The predicted octanol–water partition coefficient (Wildman–Crippen LogP) is 5.20. The van der Waals surface area contributed by atoms with Crippen LogP contribution in [0.3, 0.4) is 0 Å². The number of carboxylic acids is 2. The number of aliphatic carboxylic acids is 2. The molecule has 0 heterocycles. The highest BCUT2D eigenvalue weighted by Gasteiger charge is 1.96. The minimum absolute atomic E-state index is 0.286. The molecule has 0 rings (SSSR count). The summed E-state index contributed by atoms with van der Waals surface area (Å²) in [6.45, 7) is 7.19. The van der Waals surface area contributed by atoms with Gasteiger partial charge in [0.2, 0.25) is 0 Å². The largest absolute Gasteiger partial charge is 0.481 e. The maximum atomic E-state index is 10.2. The molecular weight excluding hydrogens is 280 g/mol. The van der Waals surface area contributed by atoms with Crippen LogP contribution in [-0.4, -0.2) is 22.2 Å². The highest BCUT2D eigenvalue weighted by Crippen LogP contribution is 2.08. The number of hydrogen-bond acceptors (Lipinski definition) is 2. The molecule has 4 heteroatoms. The zero-order chi connectivity index (χ0) is 17.1. The number of allylic oxidation sites excluding steroid dienone is 2. The molecule has 0 aromatic carbocycles. The summed E-state index contributed by atoms with van der Waals surface area (Å²) in [4.78, 5) is 20.1. The summed E-state index contributed by atoms with van der Waals surface area (Å²) in [6.07, 6.45) is 14.9. The van der Waals surface area contributed by atoms with Gasteiger partial charge in [0.25, 0.3) is 0 Å². The van der Waals surface area contributed by atoms with Crippen molar-refractivity contribution in [3.05, 3.63) is 25.3 Å². The van der Waals surface area contributed by atoms with Crippen LogP contribution in [0, 0.1) is 0 Å². The first kappa shape index (κ1) is 22.7. The van der Waals surface area contributed by atoms with Gasteiger partial charge in [-0.3, -0.25) is 9.59 Å². The van der Waals surface area contributed by atoms with Crippen LogP contribution in [0.4, 0.5) is 0 Å². The number of carbonyl (C=O) groups is 2. The van der Waals surface area contributed by atoms with Crippen LogP contribution in [0.2, 0.25) is 0 Å². The highest BCUT2D eigenvalue weighted by atomic mass is 16.4. The molecule has 0 unspecified atom stereocenters. The highest BCUT2D eigenvalue weighted by molar-refractivity contribution is 5.66. The van der Waals surface area contributed by atoms with Gasteiger partial charge in [0.15, 0.2) is 0 Å². The number of hydrogen-bond donors (Lipinski definition) is 2. The standard InChI is InChI=1S/C11H20O2.C7H12O2/c1-2-3-4-5-6-7-8-9-10-11(12)13;1-2-3-4-5-6-7(8)9/h2H,1,3-10H2,(H,12,13);2H,1,3-6H2,(H,8,9). The Balaban J connectivity index is 0. The number of carboxylic acid groups (broad SMARTS) is 2. The molecule has 0 saturated carbocycles. The Kier molecular flexibility index (Phi) is 20.0. The van der Waals surface area contributed by atoms with Crippen LogP contribution >= 0.6 is 0 Å². The van der Waals surface area contributed by atoms with Crippen LogP contribution in [0.5, 0.6) is 0 Å². The van der Waals surface area contributed by atoms with Crippen molar-refractivity contribution >= 4 is 11.9 Å². The van der Waals surface area contributed by atoms with E-state index >= 15 is 0 Å². The molecule has 22 heavy (non-hydrogen) atoms. The van der Waals surface area contributed by atoms with Crippen LogP contribution < -0.4 is 0 Å². The average molecular weight is 312 g/mol. The van der Waals surface area contributed by atoms with E-state index in [1.54, 1.807) is 0 Å². The van der Waals surface area contributed by atoms with E-state index in [1.165, 1.54) is 25.7 Å². The molecule has 4 nitrogen and oxygen atoms in total. The Morgan fingerprint density at radius 1 is 0.636 bits per heavy atom. The van der Waals surface area contributed by atoms with Gasteiger partial charge in [-0.1, -0.05) is 37.8 Å². The smallest absolute Gasteiger partial charge is 0.303 e. The van der Waals surface area contributed by atoms with Gasteiger partial charge < -0.3 is 10.2 Å². The van der Waals surface area contributed by atoms with Crippen LogP contribution in [-0.2, 0) is 9.59 Å². The summed E-state index contributed by atoms with van der Waals surface area (Å²) in [5, 5.41) is 16.6. The van der Waals surface area contributed by atoms with Crippen molar-refractivity contribution in [2.45, 2.75) is 77.0 Å². The van der Waals surface area contributed by atoms with Crippen molar-refractivity contribution in [3.8, 4) is 0 Å². The van der Waals surface area contributed by atoms with E-state index in [0.29, 0.717) is 6.42 Å². The van der Waals surface area contributed by atoms with E-state index in [9.17, 15) is 9.59 Å². The van der Waals surface area contributed by atoms with E-state index in [4.69, 9.17) is 10.2 Å². The average Bonchev–Trinajstić information content (AvgIpc) is 2.47.